The highest BCUT2D eigenvalue weighted by molar-refractivity contribution is 9.10. The zero-order chi connectivity index (χ0) is 11.2. The van der Waals surface area contributed by atoms with Gasteiger partial charge in [-0.25, -0.2) is 9.37 Å². The van der Waals surface area contributed by atoms with Gasteiger partial charge in [0.25, 0.3) is 0 Å². The average Bonchev–Trinajstić information content (AvgIpc) is 2.46. The van der Waals surface area contributed by atoms with Crippen molar-refractivity contribution in [1.82, 2.24) is 9.38 Å². The van der Waals surface area contributed by atoms with Gasteiger partial charge in [0.1, 0.15) is 5.69 Å². The van der Waals surface area contributed by atoms with Crippen LogP contribution in [0.3, 0.4) is 0 Å². The molecule has 0 unspecified atom stereocenters. The van der Waals surface area contributed by atoms with E-state index in [-0.39, 0.29) is 5.65 Å². The molecule has 15 heavy (non-hydrogen) atoms. The van der Waals surface area contributed by atoms with Gasteiger partial charge in [-0.1, -0.05) is 0 Å². The van der Waals surface area contributed by atoms with Crippen LogP contribution in [0, 0.1) is 5.82 Å². The highest BCUT2D eigenvalue weighted by Gasteiger charge is 2.26. The molecule has 0 atom stereocenters. The maximum Gasteiger partial charge on any atom is 0.323 e. The third-order valence-electron chi connectivity index (χ3n) is 1.82. The molecule has 0 saturated heterocycles. The van der Waals surface area contributed by atoms with E-state index in [9.17, 15) is 4.39 Å². The van der Waals surface area contributed by atoms with Crippen LogP contribution >= 0.6 is 15.9 Å². The first-order valence-electron chi connectivity index (χ1n) is 3.89. The van der Waals surface area contributed by atoms with E-state index in [1.54, 1.807) is 0 Å². The Kier molecular flexibility index (Phi) is 2.27. The number of imidazole rings is 1. The Morgan fingerprint density at radius 1 is 1.33 bits per heavy atom. The molecule has 0 amide bonds. The first kappa shape index (κ1) is 10.5. The predicted molar refractivity (Wildman–Crippen MR) is 51.2 cm³/mol. The van der Waals surface area contributed by atoms with Crippen LogP contribution < -0.4 is 0 Å². The lowest BCUT2D eigenvalue weighted by Crippen LogP contribution is -2.24. The van der Waals surface area contributed by atoms with Crippen molar-refractivity contribution in [1.29, 1.82) is 0 Å². The summed E-state index contributed by atoms with van der Waals surface area (Å²) < 4.78 is 15.0. The van der Waals surface area contributed by atoms with Crippen LogP contribution in [0.15, 0.2) is 22.9 Å². The van der Waals surface area contributed by atoms with Crippen LogP contribution in [-0.2, 0) is 5.97 Å². The van der Waals surface area contributed by atoms with Crippen molar-refractivity contribution in [2.45, 2.75) is 5.97 Å². The van der Waals surface area contributed by atoms with Gasteiger partial charge in [-0.3, -0.25) is 0 Å². The second-order valence-corrected chi connectivity index (χ2v) is 3.91. The first-order valence-corrected chi connectivity index (χ1v) is 4.68. The van der Waals surface area contributed by atoms with Gasteiger partial charge in [-0.2, -0.15) is 0 Å². The van der Waals surface area contributed by atoms with Crippen molar-refractivity contribution >= 4 is 21.6 Å². The molecule has 0 aromatic carbocycles. The monoisotopic (exact) mass is 276 g/mol. The summed E-state index contributed by atoms with van der Waals surface area (Å²) in [5, 5.41) is 26.6. The van der Waals surface area contributed by atoms with Crippen LogP contribution in [0.2, 0.25) is 0 Å². The molecule has 0 saturated carbocycles. The first-order chi connectivity index (χ1) is 6.88. The molecule has 2 aromatic rings. The third kappa shape index (κ3) is 1.86. The van der Waals surface area contributed by atoms with Gasteiger partial charge in [-0.15, -0.1) is 0 Å². The fourth-order valence-corrected chi connectivity index (χ4v) is 1.61. The zero-order valence-corrected chi connectivity index (χ0v) is 8.81. The Labute approximate surface area is 91.5 Å². The Hall–Kier alpha value is -1.02. The average molecular weight is 277 g/mol. The van der Waals surface area contributed by atoms with E-state index in [0.29, 0.717) is 4.47 Å². The van der Waals surface area contributed by atoms with E-state index in [2.05, 4.69) is 20.9 Å². The second kappa shape index (κ2) is 3.24. The van der Waals surface area contributed by atoms with Crippen LogP contribution in [-0.4, -0.2) is 24.7 Å². The Morgan fingerprint density at radius 3 is 2.60 bits per heavy atom. The van der Waals surface area contributed by atoms with Crippen molar-refractivity contribution in [2.24, 2.45) is 0 Å². The molecule has 2 heterocycles. The third-order valence-corrected chi connectivity index (χ3v) is 2.25. The number of hydrogen-bond acceptors (Lipinski definition) is 4. The summed E-state index contributed by atoms with van der Waals surface area (Å²) in [5.41, 5.74) is -0.547. The second-order valence-electron chi connectivity index (χ2n) is 3.00. The number of fused-ring (bicyclic) bond motifs is 1. The minimum atomic E-state index is -3.06. The largest absolute Gasteiger partial charge is 0.338 e. The van der Waals surface area contributed by atoms with Crippen molar-refractivity contribution in [3.05, 3.63) is 34.4 Å². The van der Waals surface area contributed by atoms with E-state index < -0.39 is 17.5 Å². The molecule has 0 aliphatic carbocycles. The Balaban J connectivity index is 2.71. The highest BCUT2D eigenvalue weighted by atomic mass is 79.9. The lowest BCUT2D eigenvalue weighted by molar-refractivity contribution is -0.326. The summed E-state index contributed by atoms with van der Waals surface area (Å²) in [6.07, 6.45) is 2.59. The van der Waals surface area contributed by atoms with Crippen molar-refractivity contribution in [3.63, 3.8) is 0 Å². The number of pyridine rings is 1. The summed E-state index contributed by atoms with van der Waals surface area (Å²) >= 11 is 3.07. The maximum absolute atomic E-state index is 13.3. The molecule has 0 fully saturated rings. The minimum absolute atomic E-state index is 0.102. The van der Waals surface area contributed by atoms with Crippen molar-refractivity contribution in [2.75, 3.05) is 0 Å². The molecule has 0 spiro atoms. The molecule has 80 valence electrons. The normalized spacial score (nSPS) is 12.3. The quantitative estimate of drug-likeness (QED) is 0.656. The zero-order valence-electron chi connectivity index (χ0n) is 7.22. The van der Waals surface area contributed by atoms with Crippen molar-refractivity contribution < 1.29 is 19.7 Å². The van der Waals surface area contributed by atoms with Gasteiger partial charge in [0, 0.05) is 16.9 Å². The molecular formula is C8H6BrFN2O3. The van der Waals surface area contributed by atoms with E-state index in [1.165, 1.54) is 16.7 Å². The smallest absolute Gasteiger partial charge is 0.323 e. The van der Waals surface area contributed by atoms with Crippen molar-refractivity contribution in [3.8, 4) is 0 Å². The Bertz CT molecular complexity index is 520. The fraction of sp³-hybridized carbons (Fsp3) is 0.125. The van der Waals surface area contributed by atoms with Gasteiger partial charge in [0.2, 0.25) is 0 Å². The number of hydrogen-bond donors (Lipinski definition) is 3. The Morgan fingerprint density at radius 2 is 2.00 bits per heavy atom. The number of rotatable bonds is 1. The standard InChI is InChI=1S/C8H6BrFN2O3/c9-4-1-5(10)7-11-6(8(13,14)15)3-12(7)2-4/h1-3,13-15H. The van der Waals surface area contributed by atoms with Crippen LogP contribution in [0.5, 0.6) is 0 Å². The number of nitrogens with zero attached hydrogens (tertiary/aromatic N) is 2. The van der Waals surface area contributed by atoms with E-state index in [0.717, 1.165) is 6.20 Å². The summed E-state index contributed by atoms with van der Waals surface area (Å²) in [4.78, 5) is 3.54. The van der Waals surface area contributed by atoms with Gasteiger partial charge in [0.15, 0.2) is 11.5 Å². The lowest BCUT2D eigenvalue weighted by Gasteiger charge is -2.08. The summed E-state index contributed by atoms with van der Waals surface area (Å²) in [6, 6.07) is 1.18. The number of aliphatic hydroxyl groups is 3. The van der Waals surface area contributed by atoms with Crippen LogP contribution in [0.1, 0.15) is 5.69 Å². The van der Waals surface area contributed by atoms with Gasteiger partial charge < -0.3 is 19.7 Å². The molecule has 3 N–H and O–H groups in total. The molecule has 0 aliphatic heterocycles. The lowest BCUT2D eigenvalue weighted by atomic mass is 10.4. The molecule has 7 heteroatoms. The topological polar surface area (TPSA) is 78.0 Å². The molecule has 0 aliphatic rings. The van der Waals surface area contributed by atoms with Gasteiger partial charge in [0.05, 0.1) is 0 Å². The maximum atomic E-state index is 13.3. The van der Waals surface area contributed by atoms with Crippen LogP contribution in [0.25, 0.3) is 5.65 Å². The number of halogens is 2. The number of aromatic nitrogens is 2. The molecule has 2 aromatic heterocycles. The highest BCUT2D eigenvalue weighted by Crippen LogP contribution is 2.20. The van der Waals surface area contributed by atoms with Crippen LogP contribution in [0.4, 0.5) is 4.39 Å². The predicted octanol–water partition coefficient (Wildman–Crippen LogP) is 0.323. The summed E-state index contributed by atoms with van der Waals surface area (Å²) in [6.45, 7) is 0. The summed E-state index contributed by atoms with van der Waals surface area (Å²) in [5.74, 6) is -3.70. The van der Waals surface area contributed by atoms with E-state index >= 15 is 0 Å². The SMILES string of the molecule is OC(O)(O)c1cn2cc(Br)cc(F)c2n1. The minimum Gasteiger partial charge on any atom is -0.338 e. The molecular weight excluding hydrogens is 271 g/mol. The molecule has 0 bridgehead atoms. The van der Waals surface area contributed by atoms with E-state index in [1.807, 2.05) is 0 Å². The molecule has 2 rings (SSSR count). The van der Waals surface area contributed by atoms with Gasteiger partial charge >= 0.3 is 5.97 Å². The summed E-state index contributed by atoms with van der Waals surface area (Å²) in [7, 11) is 0. The van der Waals surface area contributed by atoms with Gasteiger partial charge in [-0.05, 0) is 22.0 Å². The molecule has 5 nitrogen and oxygen atoms in total. The molecule has 0 radical (unpaired) electrons. The van der Waals surface area contributed by atoms with E-state index in [4.69, 9.17) is 15.3 Å². The fourth-order valence-electron chi connectivity index (χ4n) is 1.19.